The van der Waals surface area contributed by atoms with Crippen molar-refractivity contribution in [1.29, 1.82) is 0 Å². The summed E-state index contributed by atoms with van der Waals surface area (Å²) >= 11 is 5.87. The highest BCUT2D eigenvalue weighted by atomic mass is 35.5. The molecule has 0 atom stereocenters. The van der Waals surface area contributed by atoms with Gasteiger partial charge in [-0.2, -0.15) is 0 Å². The van der Waals surface area contributed by atoms with E-state index in [-0.39, 0.29) is 19.1 Å². The molecule has 6 heteroatoms. The Morgan fingerprint density at radius 1 is 1.04 bits per heavy atom. The fourth-order valence-electron chi connectivity index (χ4n) is 2.27. The molecule has 5 nitrogen and oxygen atoms in total. The van der Waals surface area contributed by atoms with Crippen LogP contribution in [0.15, 0.2) is 65.1 Å². The topological polar surface area (TPSA) is 68.5 Å². The smallest absolute Gasteiger partial charge is 0.258 e. The highest BCUT2D eigenvalue weighted by Crippen LogP contribution is 2.23. The van der Waals surface area contributed by atoms with Crippen LogP contribution in [-0.4, -0.2) is 18.8 Å². The number of nitrogens with one attached hydrogen (secondary N) is 1. The lowest BCUT2D eigenvalue weighted by atomic mass is 10.2. The molecule has 132 valence electrons. The lowest BCUT2D eigenvalue weighted by Gasteiger charge is -2.06. The van der Waals surface area contributed by atoms with Gasteiger partial charge in [0.15, 0.2) is 6.61 Å². The summed E-state index contributed by atoms with van der Waals surface area (Å²) in [4.78, 5) is 22.5. The number of benzene rings is 2. The second-order valence-electron chi connectivity index (χ2n) is 5.53. The number of ether oxygens (including phenoxy) is 1. The highest BCUT2D eigenvalue weighted by Gasteiger charge is 2.07. The zero-order valence-electron chi connectivity index (χ0n) is 13.8. The van der Waals surface area contributed by atoms with E-state index in [1.54, 1.807) is 36.4 Å². The summed E-state index contributed by atoms with van der Waals surface area (Å²) in [5.74, 6) is 1.60. The maximum atomic E-state index is 11.9. The van der Waals surface area contributed by atoms with E-state index in [4.69, 9.17) is 20.8 Å². The number of halogens is 1. The molecule has 0 unspecified atom stereocenters. The number of aldehydes is 1. The molecule has 0 saturated heterocycles. The molecule has 0 aliphatic carbocycles. The summed E-state index contributed by atoms with van der Waals surface area (Å²) in [5, 5.41) is 3.39. The first-order valence-electron chi connectivity index (χ1n) is 7.93. The molecule has 1 amide bonds. The van der Waals surface area contributed by atoms with Crippen molar-refractivity contribution in [2.45, 2.75) is 6.54 Å². The van der Waals surface area contributed by atoms with E-state index in [0.717, 1.165) is 11.8 Å². The van der Waals surface area contributed by atoms with Crippen LogP contribution < -0.4 is 10.1 Å². The van der Waals surface area contributed by atoms with Gasteiger partial charge in [-0.25, -0.2) is 0 Å². The molecule has 3 aromatic rings. The van der Waals surface area contributed by atoms with Gasteiger partial charge in [-0.3, -0.25) is 9.59 Å². The number of amides is 1. The van der Waals surface area contributed by atoms with Crippen LogP contribution in [0.25, 0.3) is 11.3 Å². The van der Waals surface area contributed by atoms with Crippen LogP contribution in [0, 0.1) is 0 Å². The standard InChI is InChI=1S/C20H16ClNO4/c21-16-5-3-15(4-6-16)19-10-9-18(26-19)11-22-20(24)13-25-17-7-1-14(12-23)2-8-17/h1-10,12H,11,13H2,(H,22,24). The number of carbonyl (C=O) groups is 2. The summed E-state index contributed by atoms with van der Waals surface area (Å²) in [5.41, 5.74) is 1.46. The molecular weight excluding hydrogens is 354 g/mol. The molecule has 0 bridgehead atoms. The molecule has 0 fully saturated rings. The van der Waals surface area contributed by atoms with E-state index in [2.05, 4.69) is 5.32 Å². The Balaban J connectivity index is 1.48. The average Bonchev–Trinajstić information content (AvgIpc) is 3.14. The molecule has 26 heavy (non-hydrogen) atoms. The van der Waals surface area contributed by atoms with Crippen LogP contribution in [0.3, 0.4) is 0 Å². The third-order valence-corrected chi connectivity index (χ3v) is 3.89. The molecule has 1 N–H and O–H groups in total. The fourth-order valence-corrected chi connectivity index (χ4v) is 2.40. The molecule has 2 aromatic carbocycles. The van der Waals surface area contributed by atoms with E-state index in [1.165, 1.54) is 0 Å². The largest absolute Gasteiger partial charge is 0.484 e. The molecule has 1 aromatic heterocycles. The van der Waals surface area contributed by atoms with Gasteiger partial charge >= 0.3 is 0 Å². The minimum atomic E-state index is -0.270. The van der Waals surface area contributed by atoms with Crippen molar-refractivity contribution in [3.63, 3.8) is 0 Å². The van der Waals surface area contributed by atoms with Crippen LogP contribution >= 0.6 is 11.6 Å². The van der Waals surface area contributed by atoms with Crippen molar-refractivity contribution in [1.82, 2.24) is 5.32 Å². The summed E-state index contributed by atoms with van der Waals surface area (Å²) in [7, 11) is 0. The second kappa shape index (κ2) is 8.36. The second-order valence-corrected chi connectivity index (χ2v) is 5.96. The Kier molecular flexibility index (Phi) is 5.71. The SMILES string of the molecule is O=Cc1ccc(OCC(=O)NCc2ccc(-c3ccc(Cl)cc3)o2)cc1. The minimum Gasteiger partial charge on any atom is -0.484 e. The zero-order chi connectivity index (χ0) is 18.4. The average molecular weight is 370 g/mol. The van der Waals surface area contributed by atoms with Crippen LogP contribution in [0.4, 0.5) is 0 Å². The Labute approximate surface area is 155 Å². The van der Waals surface area contributed by atoms with Gasteiger partial charge < -0.3 is 14.5 Å². The van der Waals surface area contributed by atoms with Crippen molar-refractivity contribution >= 4 is 23.8 Å². The Morgan fingerprint density at radius 3 is 2.46 bits per heavy atom. The molecule has 3 rings (SSSR count). The fraction of sp³-hybridized carbons (Fsp3) is 0.100. The zero-order valence-corrected chi connectivity index (χ0v) is 14.5. The third kappa shape index (κ3) is 4.74. The first-order valence-corrected chi connectivity index (χ1v) is 8.31. The van der Waals surface area contributed by atoms with Gasteiger partial charge in [0, 0.05) is 16.1 Å². The molecule has 1 heterocycles. The Morgan fingerprint density at radius 2 is 1.77 bits per heavy atom. The highest BCUT2D eigenvalue weighted by molar-refractivity contribution is 6.30. The van der Waals surface area contributed by atoms with Crippen molar-refractivity contribution in [2.75, 3.05) is 6.61 Å². The van der Waals surface area contributed by atoms with Crippen LogP contribution in [0.1, 0.15) is 16.1 Å². The molecular formula is C20H16ClNO4. The van der Waals surface area contributed by atoms with E-state index in [0.29, 0.717) is 27.9 Å². The van der Waals surface area contributed by atoms with Gasteiger partial charge in [0.25, 0.3) is 5.91 Å². The van der Waals surface area contributed by atoms with Crippen molar-refractivity contribution < 1.29 is 18.7 Å². The predicted octanol–water partition coefficient (Wildman–Crippen LogP) is 4.11. The van der Waals surface area contributed by atoms with E-state index >= 15 is 0 Å². The predicted molar refractivity (Wildman–Crippen MR) is 98.3 cm³/mol. The lowest BCUT2D eigenvalue weighted by Crippen LogP contribution is -2.28. The lowest BCUT2D eigenvalue weighted by molar-refractivity contribution is -0.123. The van der Waals surface area contributed by atoms with Gasteiger partial charge in [-0.1, -0.05) is 11.6 Å². The number of rotatable bonds is 7. The monoisotopic (exact) mass is 369 g/mol. The first-order chi connectivity index (χ1) is 12.6. The number of carbonyl (C=O) groups excluding carboxylic acids is 2. The van der Waals surface area contributed by atoms with Crippen LogP contribution in [0.5, 0.6) is 5.75 Å². The summed E-state index contributed by atoms with van der Waals surface area (Å²) < 4.78 is 11.1. The number of hydrogen-bond donors (Lipinski definition) is 1. The molecule has 0 aliphatic rings. The van der Waals surface area contributed by atoms with Crippen molar-refractivity contribution in [3.05, 3.63) is 77.0 Å². The molecule has 0 saturated carbocycles. The quantitative estimate of drug-likeness (QED) is 0.636. The van der Waals surface area contributed by atoms with Gasteiger partial charge in [0.1, 0.15) is 23.6 Å². The van der Waals surface area contributed by atoms with E-state index in [1.807, 2.05) is 24.3 Å². The molecule has 0 spiro atoms. The summed E-state index contributed by atoms with van der Waals surface area (Å²) in [6.07, 6.45) is 0.748. The number of hydrogen-bond acceptors (Lipinski definition) is 4. The van der Waals surface area contributed by atoms with Gasteiger partial charge in [0.05, 0.1) is 6.54 Å². The third-order valence-electron chi connectivity index (χ3n) is 3.64. The maximum Gasteiger partial charge on any atom is 0.258 e. The Hall–Kier alpha value is -3.05. The first kappa shape index (κ1) is 17.8. The van der Waals surface area contributed by atoms with E-state index < -0.39 is 0 Å². The molecule has 0 aliphatic heterocycles. The normalized spacial score (nSPS) is 10.3. The maximum absolute atomic E-state index is 11.9. The van der Waals surface area contributed by atoms with Crippen LogP contribution in [-0.2, 0) is 11.3 Å². The summed E-state index contributed by atoms with van der Waals surface area (Å²) in [6, 6.07) is 17.5. The van der Waals surface area contributed by atoms with Gasteiger partial charge in [-0.05, 0) is 60.7 Å². The number of furan rings is 1. The van der Waals surface area contributed by atoms with Gasteiger partial charge in [-0.15, -0.1) is 0 Å². The summed E-state index contributed by atoms with van der Waals surface area (Å²) in [6.45, 7) is 0.144. The Bertz CT molecular complexity index is 885. The van der Waals surface area contributed by atoms with Crippen molar-refractivity contribution in [2.24, 2.45) is 0 Å². The van der Waals surface area contributed by atoms with E-state index in [9.17, 15) is 9.59 Å². The van der Waals surface area contributed by atoms with Crippen molar-refractivity contribution in [3.8, 4) is 17.1 Å². The minimum absolute atomic E-state index is 0.120. The molecule has 0 radical (unpaired) electrons. The van der Waals surface area contributed by atoms with Gasteiger partial charge in [0.2, 0.25) is 0 Å². The van der Waals surface area contributed by atoms with Crippen LogP contribution in [0.2, 0.25) is 5.02 Å².